The number of aromatic nitrogens is 2. The summed E-state index contributed by atoms with van der Waals surface area (Å²) < 4.78 is 40.8. The lowest BCUT2D eigenvalue weighted by molar-refractivity contribution is -0.137. The van der Waals surface area contributed by atoms with E-state index >= 15 is 0 Å². The normalized spacial score (nSPS) is 11.6. The largest absolute Gasteiger partial charge is 0.417 e. The molecule has 0 saturated carbocycles. The molecule has 0 aliphatic carbocycles. The van der Waals surface area contributed by atoms with E-state index in [0.29, 0.717) is 5.65 Å². The number of rotatable bonds is 3. The summed E-state index contributed by atoms with van der Waals surface area (Å²) >= 11 is 5.61. The monoisotopic (exact) mass is 415 g/mol. The standard InChI is InChI=1S/C21H13ClF3N3O/c22-17-7-6-15(11-16(17)21(23,24)25)26-20(29)14-8-9-28-12-18(27-19(28)10-14)13-4-2-1-3-5-13/h1-12H,(H,26,29). The lowest BCUT2D eigenvalue weighted by Crippen LogP contribution is -2.13. The van der Waals surface area contributed by atoms with E-state index in [-0.39, 0.29) is 11.3 Å². The van der Waals surface area contributed by atoms with Crippen molar-refractivity contribution in [2.45, 2.75) is 6.18 Å². The first-order valence-electron chi connectivity index (χ1n) is 8.53. The Balaban J connectivity index is 1.61. The van der Waals surface area contributed by atoms with Gasteiger partial charge in [0, 0.05) is 29.2 Å². The third-order valence-electron chi connectivity index (χ3n) is 4.32. The second-order valence-corrected chi connectivity index (χ2v) is 6.73. The molecule has 29 heavy (non-hydrogen) atoms. The van der Waals surface area contributed by atoms with Crippen LogP contribution in [0.2, 0.25) is 5.02 Å². The van der Waals surface area contributed by atoms with Crippen molar-refractivity contribution in [3.63, 3.8) is 0 Å². The van der Waals surface area contributed by atoms with Gasteiger partial charge in [0.1, 0.15) is 5.65 Å². The van der Waals surface area contributed by atoms with Gasteiger partial charge in [0.15, 0.2) is 0 Å². The van der Waals surface area contributed by atoms with Gasteiger partial charge in [-0.25, -0.2) is 4.98 Å². The summed E-state index contributed by atoms with van der Waals surface area (Å²) in [5, 5.41) is 2.04. The van der Waals surface area contributed by atoms with Crippen LogP contribution in [-0.2, 0) is 6.18 Å². The Bertz CT molecular complexity index is 1200. The maximum absolute atomic E-state index is 13.0. The molecule has 0 saturated heterocycles. The highest BCUT2D eigenvalue weighted by molar-refractivity contribution is 6.31. The molecule has 0 aliphatic rings. The predicted molar refractivity (Wildman–Crippen MR) is 105 cm³/mol. The molecular formula is C21H13ClF3N3O. The number of carbonyl (C=O) groups is 1. The molecule has 0 aliphatic heterocycles. The van der Waals surface area contributed by atoms with E-state index in [9.17, 15) is 18.0 Å². The maximum atomic E-state index is 13.0. The fraction of sp³-hybridized carbons (Fsp3) is 0.0476. The van der Waals surface area contributed by atoms with Crippen LogP contribution in [0.5, 0.6) is 0 Å². The van der Waals surface area contributed by atoms with Gasteiger partial charge in [-0.15, -0.1) is 0 Å². The maximum Gasteiger partial charge on any atom is 0.417 e. The van der Waals surface area contributed by atoms with E-state index in [0.717, 1.165) is 23.4 Å². The van der Waals surface area contributed by atoms with Gasteiger partial charge < -0.3 is 9.72 Å². The van der Waals surface area contributed by atoms with Gasteiger partial charge in [0.25, 0.3) is 5.91 Å². The van der Waals surface area contributed by atoms with Crippen LogP contribution in [0.25, 0.3) is 16.9 Å². The van der Waals surface area contributed by atoms with Gasteiger partial charge in [0.2, 0.25) is 0 Å². The topological polar surface area (TPSA) is 46.4 Å². The van der Waals surface area contributed by atoms with Crippen LogP contribution in [0.1, 0.15) is 15.9 Å². The van der Waals surface area contributed by atoms with Crippen LogP contribution in [0, 0.1) is 0 Å². The number of amides is 1. The Morgan fingerprint density at radius 2 is 1.79 bits per heavy atom. The number of pyridine rings is 1. The van der Waals surface area contributed by atoms with Crippen LogP contribution in [0.3, 0.4) is 0 Å². The molecule has 0 fully saturated rings. The minimum Gasteiger partial charge on any atom is -0.322 e. The Labute approximate surface area is 168 Å². The van der Waals surface area contributed by atoms with Gasteiger partial charge >= 0.3 is 6.18 Å². The second-order valence-electron chi connectivity index (χ2n) is 6.32. The van der Waals surface area contributed by atoms with Crippen molar-refractivity contribution in [3.8, 4) is 11.3 Å². The molecular weight excluding hydrogens is 403 g/mol. The van der Waals surface area contributed by atoms with Crippen molar-refractivity contribution in [1.82, 2.24) is 9.38 Å². The summed E-state index contributed by atoms with van der Waals surface area (Å²) in [5.74, 6) is -0.549. The molecule has 146 valence electrons. The number of halogens is 4. The molecule has 4 nitrogen and oxygen atoms in total. The van der Waals surface area contributed by atoms with E-state index in [1.807, 2.05) is 36.5 Å². The molecule has 0 radical (unpaired) electrons. The number of benzene rings is 2. The third-order valence-corrected chi connectivity index (χ3v) is 4.65. The predicted octanol–water partition coefficient (Wildman–Crippen LogP) is 5.93. The lowest BCUT2D eigenvalue weighted by Gasteiger charge is -2.12. The highest BCUT2D eigenvalue weighted by Crippen LogP contribution is 2.36. The summed E-state index contributed by atoms with van der Waals surface area (Å²) in [6, 6.07) is 15.9. The Kier molecular flexibility index (Phi) is 4.76. The van der Waals surface area contributed by atoms with Gasteiger partial charge in [-0.3, -0.25) is 4.79 Å². The summed E-state index contributed by atoms with van der Waals surface area (Å²) in [4.78, 5) is 17.0. The first-order chi connectivity index (χ1) is 13.8. The van der Waals surface area contributed by atoms with Gasteiger partial charge in [0.05, 0.1) is 16.3 Å². The second kappa shape index (κ2) is 7.25. The molecule has 8 heteroatoms. The van der Waals surface area contributed by atoms with Crippen LogP contribution in [0.4, 0.5) is 18.9 Å². The fourth-order valence-electron chi connectivity index (χ4n) is 2.89. The quantitative estimate of drug-likeness (QED) is 0.451. The molecule has 0 bridgehead atoms. The number of fused-ring (bicyclic) bond motifs is 1. The van der Waals surface area contributed by atoms with E-state index in [2.05, 4.69) is 10.3 Å². The van der Waals surface area contributed by atoms with E-state index in [1.165, 1.54) is 6.07 Å². The lowest BCUT2D eigenvalue weighted by atomic mass is 10.1. The number of nitrogens with one attached hydrogen (secondary N) is 1. The van der Waals surface area contributed by atoms with Gasteiger partial charge in [-0.2, -0.15) is 13.2 Å². The smallest absolute Gasteiger partial charge is 0.322 e. The zero-order valence-corrected chi connectivity index (χ0v) is 15.5. The SMILES string of the molecule is O=C(Nc1ccc(Cl)c(C(F)(F)F)c1)c1ccn2cc(-c3ccccc3)nc2c1. The fourth-order valence-corrected chi connectivity index (χ4v) is 3.12. The van der Waals surface area contributed by atoms with Crippen molar-refractivity contribution in [2.75, 3.05) is 5.32 Å². The zero-order chi connectivity index (χ0) is 20.6. The number of nitrogens with zero attached hydrogens (tertiary/aromatic N) is 2. The molecule has 2 aromatic heterocycles. The average Bonchev–Trinajstić information content (AvgIpc) is 3.12. The van der Waals surface area contributed by atoms with Crippen molar-refractivity contribution < 1.29 is 18.0 Å². The van der Waals surface area contributed by atoms with Crippen LogP contribution in [-0.4, -0.2) is 15.3 Å². The van der Waals surface area contributed by atoms with Crippen LogP contribution >= 0.6 is 11.6 Å². The van der Waals surface area contributed by atoms with Crippen LogP contribution < -0.4 is 5.32 Å². The minimum absolute atomic E-state index is 0.0000788. The highest BCUT2D eigenvalue weighted by atomic mass is 35.5. The third kappa shape index (κ3) is 3.95. The first kappa shape index (κ1) is 19.0. The Morgan fingerprint density at radius 1 is 1.03 bits per heavy atom. The van der Waals surface area contributed by atoms with Crippen molar-refractivity contribution in [1.29, 1.82) is 0 Å². The Hall–Kier alpha value is -3.32. The van der Waals surface area contributed by atoms with Crippen molar-refractivity contribution >= 4 is 28.8 Å². The summed E-state index contributed by atoms with van der Waals surface area (Å²) in [5.41, 5.74) is 1.49. The molecule has 1 amide bonds. The van der Waals surface area contributed by atoms with Crippen molar-refractivity contribution in [3.05, 3.63) is 89.2 Å². The number of hydrogen-bond acceptors (Lipinski definition) is 2. The molecule has 4 rings (SSSR count). The van der Waals surface area contributed by atoms with Crippen LogP contribution in [0.15, 0.2) is 73.1 Å². The summed E-state index contributed by atoms with van der Waals surface area (Å²) in [7, 11) is 0. The molecule has 1 N–H and O–H groups in total. The summed E-state index contributed by atoms with van der Waals surface area (Å²) in [6.07, 6.45) is -1.10. The van der Waals surface area contributed by atoms with E-state index < -0.39 is 22.7 Å². The molecule has 0 spiro atoms. The average molecular weight is 416 g/mol. The van der Waals surface area contributed by atoms with Gasteiger partial charge in [-0.05, 0) is 30.3 Å². The van der Waals surface area contributed by atoms with Gasteiger partial charge in [-0.1, -0.05) is 41.9 Å². The molecule has 2 heterocycles. The number of carbonyl (C=O) groups excluding carboxylic acids is 1. The highest BCUT2D eigenvalue weighted by Gasteiger charge is 2.33. The molecule has 0 unspecified atom stereocenters. The number of imidazole rings is 1. The van der Waals surface area contributed by atoms with Crippen molar-refractivity contribution in [2.24, 2.45) is 0 Å². The Morgan fingerprint density at radius 3 is 2.52 bits per heavy atom. The number of hydrogen-bond donors (Lipinski definition) is 1. The first-order valence-corrected chi connectivity index (χ1v) is 8.91. The number of alkyl halides is 3. The summed E-state index contributed by atoms with van der Waals surface area (Å²) in [6.45, 7) is 0. The number of anilines is 1. The van der Waals surface area contributed by atoms with E-state index in [4.69, 9.17) is 11.6 Å². The van der Waals surface area contributed by atoms with E-state index in [1.54, 1.807) is 22.7 Å². The molecule has 4 aromatic rings. The minimum atomic E-state index is -4.61. The zero-order valence-electron chi connectivity index (χ0n) is 14.7. The molecule has 0 atom stereocenters. The molecule has 2 aromatic carbocycles.